The summed E-state index contributed by atoms with van der Waals surface area (Å²) in [6, 6.07) is 16.7. The van der Waals surface area contributed by atoms with Crippen molar-refractivity contribution in [1.29, 1.82) is 0 Å². The highest BCUT2D eigenvalue weighted by molar-refractivity contribution is 5.78. The van der Waals surface area contributed by atoms with E-state index in [4.69, 9.17) is 0 Å². The molecule has 0 spiro atoms. The van der Waals surface area contributed by atoms with Gasteiger partial charge in [-0.3, -0.25) is 24.0 Å². The van der Waals surface area contributed by atoms with Crippen molar-refractivity contribution in [2.24, 2.45) is 20.0 Å². The van der Waals surface area contributed by atoms with Crippen LogP contribution in [0.1, 0.15) is 28.8 Å². The molecule has 1 N–H and O–H groups in total. The molecule has 3 atom stereocenters. The Labute approximate surface area is 187 Å². The van der Waals surface area contributed by atoms with Crippen LogP contribution in [0.2, 0.25) is 0 Å². The number of fused-ring (bicyclic) bond motifs is 6. The van der Waals surface area contributed by atoms with E-state index in [0.29, 0.717) is 17.6 Å². The predicted molar refractivity (Wildman–Crippen MR) is 124 cm³/mol. The molecule has 4 aromatic rings. The van der Waals surface area contributed by atoms with Crippen molar-refractivity contribution in [2.45, 2.75) is 18.5 Å². The second kappa shape index (κ2) is 6.68. The lowest BCUT2D eigenvalue weighted by atomic mass is 9.74. The van der Waals surface area contributed by atoms with Crippen molar-refractivity contribution < 1.29 is 4.92 Å². The van der Waals surface area contributed by atoms with Gasteiger partial charge in [-0.05, 0) is 23.3 Å². The van der Waals surface area contributed by atoms with E-state index in [1.54, 1.807) is 19.2 Å². The predicted octanol–water partition coefficient (Wildman–Crippen LogP) is 2.88. The Morgan fingerprint density at radius 1 is 1.03 bits per heavy atom. The third kappa shape index (κ3) is 2.59. The quantitative estimate of drug-likeness (QED) is 0.379. The van der Waals surface area contributed by atoms with Gasteiger partial charge in [0.1, 0.15) is 5.65 Å². The first-order chi connectivity index (χ1) is 15.9. The molecule has 6 rings (SSSR count). The minimum Gasteiger partial charge on any atom is -0.376 e. The maximum Gasteiger partial charge on any atom is 0.332 e. The molecule has 0 fully saturated rings. The van der Waals surface area contributed by atoms with E-state index in [1.165, 1.54) is 17.7 Å². The van der Waals surface area contributed by atoms with E-state index < -0.39 is 0 Å². The van der Waals surface area contributed by atoms with Gasteiger partial charge in [-0.2, -0.15) is 0 Å². The highest BCUT2D eigenvalue weighted by Crippen LogP contribution is 2.52. The van der Waals surface area contributed by atoms with Gasteiger partial charge in [0.2, 0.25) is 0 Å². The Kier molecular flexibility index (Phi) is 3.95. The molecule has 9 heteroatoms. The standard InChI is InChI=1S/C24H21N5O4/c1-26-22-16(23(30)27(2)24(26)31)11-19-21-17(12-28(19)22)20(13-6-4-3-5-7-13)15-10-14(29(32)33)8-9-18(15)25-21/h3-11,17,20-21,25H,12H2,1-2H3/t17-,20?,21+/m0/s1. The van der Waals surface area contributed by atoms with Gasteiger partial charge < -0.3 is 9.88 Å². The average molecular weight is 443 g/mol. The normalized spacial score (nSPS) is 20.7. The van der Waals surface area contributed by atoms with Crippen molar-refractivity contribution in [3.63, 3.8) is 0 Å². The summed E-state index contributed by atoms with van der Waals surface area (Å²) in [7, 11) is 3.17. The second-order valence-electron chi connectivity index (χ2n) is 8.83. The van der Waals surface area contributed by atoms with Crippen LogP contribution >= 0.6 is 0 Å². The molecule has 0 aliphatic carbocycles. The fourth-order valence-corrected chi connectivity index (χ4v) is 5.66. The van der Waals surface area contributed by atoms with Gasteiger partial charge in [0, 0.05) is 56.0 Å². The highest BCUT2D eigenvalue weighted by Gasteiger charge is 2.45. The van der Waals surface area contributed by atoms with Gasteiger partial charge in [0.15, 0.2) is 0 Å². The number of nitrogens with zero attached hydrogens (tertiary/aromatic N) is 4. The van der Waals surface area contributed by atoms with Gasteiger partial charge in [-0.25, -0.2) is 4.79 Å². The van der Waals surface area contributed by atoms with Crippen LogP contribution in [0, 0.1) is 16.0 Å². The summed E-state index contributed by atoms with van der Waals surface area (Å²) in [5.74, 6) is -0.0219. The lowest BCUT2D eigenvalue weighted by Crippen LogP contribution is -2.37. The molecule has 0 bridgehead atoms. The maximum atomic E-state index is 12.8. The minimum absolute atomic E-state index is 0.0560. The largest absolute Gasteiger partial charge is 0.376 e. The van der Waals surface area contributed by atoms with E-state index in [9.17, 15) is 19.7 Å². The summed E-state index contributed by atoms with van der Waals surface area (Å²) < 4.78 is 4.70. The zero-order valence-electron chi connectivity index (χ0n) is 18.1. The van der Waals surface area contributed by atoms with Gasteiger partial charge in [0.05, 0.1) is 16.4 Å². The summed E-state index contributed by atoms with van der Waals surface area (Å²) in [4.78, 5) is 36.5. The third-order valence-corrected chi connectivity index (χ3v) is 7.15. The van der Waals surface area contributed by atoms with E-state index in [0.717, 1.165) is 27.1 Å². The first-order valence-electron chi connectivity index (χ1n) is 10.8. The molecule has 0 radical (unpaired) electrons. The molecular weight excluding hydrogens is 422 g/mol. The number of hydrogen-bond acceptors (Lipinski definition) is 5. The summed E-state index contributed by atoms with van der Waals surface area (Å²) >= 11 is 0. The molecule has 2 aromatic heterocycles. The Bertz CT molecular complexity index is 1580. The number of hydrogen-bond donors (Lipinski definition) is 1. The van der Waals surface area contributed by atoms with Crippen LogP contribution < -0.4 is 16.6 Å². The third-order valence-electron chi connectivity index (χ3n) is 7.15. The van der Waals surface area contributed by atoms with Crippen LogP contribution in [0.3, 0.4) is 0 Å². The number of anilines is 1. The molecule has 0 saturated heterocycles. The van der Waals surface area contributed by atoms with Crippen LogP contribution in [-0.2, 0) is 20.6 Å². The molecule has 1 unspecified atom stereocenters. The van der Waals surface area contributed by atoms with E-state index in [1.807, 2.05) is 36.4 Å². The summed E-state index contributed by atoms with van der Waals surface area (Å²) in [6.07, 6.45) is 0. The smallest absolute Gasteiger partial charge is 0.332 e. The lowest BCUT2D eigenvalue weighted by Gasteiger charge is -2.37. The van der Waals surface area contributed by atoms with Crippen molar-refractivity contribution in [3.8, 4) is 0 Å². The van der Waals surface area contributed by atoms with Crippen LogP contribution in [-0.4, -0.2) is 18.6 Å². The van der Waals surface area contributed by atoms with Crippen molar-refractivity contribution in [3.05, 3.63) is 102 Å². The molecule has 4 heterocycles. The van der Waals surface area contributed by atoms with Crippen molar-refractivity contribution in [1.82, 2.24) is 13.7 Å². The van der Waals surface area contributed by atoms with Crippen LogP contribution in [0.15, 0.2) is 64.2 Å². The zero-order valence-corrected chi connectivity index (χ0v) is 18.1. The zero-order chi connectivity index (χ0) is 23.0. The first-order valence-corrected chi connectivity index (χ1v) is 10.8. The summed E-state index contributed by atoms with van der Waals surface area (Å²) in [5, 5.41) is 15.6. The number of aromatic nitrogens is 3. The molecule has 9 nitrogen and oxygen atoms in total. The molecular formula is C24H21N5O4. The van der Waals surface area contributed by atoms with E-state index >= 15 is 0 Å². The molecule has 0 amide bonds. The minimum atomic E-state index is -0.369. The monoisotopic (exact) mass is 443 g/mol. The van der Waals surface area contributed by atoms with Crippen molar-refractivity contribution in [2.75, 3.05) is 5.32 Å². The number of rotatable bonds is 2. The molecule has 2 aromatic carbocycles. The van der Waals surface area contributed by atoms with Crippen LogP contribution in [0.4, 0.5) is 11.4 Å². The Balaban J connectivity index is 1.59. The maximum absolute atomic E-state index is 12.8. The van der Waals surface area contributed by atoms with Gasteiger partial charge in [-0.1, -0.05) is 30.3 Å². The average Bonchev–Trinajstić information content (AvgIpc) is 3.36. The number of benzene rings is 2. The summed E-state index contributed by atoms with van der Waals surface area (Å²) in [6.45, 7) is 0.582. The van der Waals surface area contributed by atoms with E-state index in [2.05, 4.69) is 9.88 Å². The first kappa shape index (κ1) is 19.5. The molecule has 2 aliphatic heterocycles. The Hall–Kier alpha value is -4.14. The highest BCUT2D eigenvalue weighted by atomic mass is 16.6. The fourth-order valence-electron chi connectivity index (χ4n) is 5.66. The second-order valence-corrected chi connectivity index (χ2v) is 8.83. The molecule has 33 heavy (non-hydrogen) atoms. The van der Waals surface area contributed by atoms with Crippen LogP contribution in [0.5, 0.6) is 0 Å². The number of nitrogens with one attached hydrogen (secondary N) is 1. The number of nitro groups is 1. The van der Waals surface area contributed by atoms with Crippen LogP contribution in [0.25, 0.3) is 11.0 Å². The topological polar surface area (TPSA) is 104 Å². The van der Waals surface area contributed by atoms with E-state index in [-0.39, 0.29) is 39.7 Å². The molecule has 166 valence electrons. The molecule has 0 saturated carbocycles. The lowest BCUT2D eigenvalue weighted by molar-refractivity contribution is -0.384. The van der Waals surface area contributed by atoms with Gasteiger partial charge in [0.25, 0.3) is 11.2 Å². The Morgan fingerprint density at radius 3 is 2.52 bits per heavy atom. The van der Waals surface area contributed by atoms with Gasteiger partial charge >= 0.3 is 5.69 Å². The molecule has 2 aliphatic rings. The Morgan fingerprint density at radius 2 is 1.79 bits per heavy atom. The van der Waals surface area contributed by atoms with Crippen molar-refractivity contribution >= 4 is 22.4 Å². The number of aryl methyl sites for hydroxylation is 1. The fraction of sp³-hybridized carbons (Fsp3) is 0.250. The summed E-state index contributed by atoms with van der Waals surface area (Å²) in [5.41, 5.74) is 3.74. The van der Waals surface area contributed by atoms with Gasteiger partial charge in [-0.15, -0.1) is 0 Å². The number of non-ortho nitro benzene ring substituents is 1. The number of nitro benzene ring substituents is 1. The SMILES string of the molecule is Cn1c(=O)c2cc3n(c2n(C)c1=O)C[C@H]1C(c2ccccc2)c2cc([N+](=O)[O-])ccc2N[C@@H]31.